The van der Waals surface area contributed by atoms with Gasteiger partial charge in [0.2, 0.25) is 5.90 Å². The Labute approximate surface area is 203 Å². The van der Waals surface area contributed by atoms with Crippen LogP contribution in [0.25, 0.3) is 0 Å². The number of aliphatic imine (C=N–C) groups is 1. The van der Waals surface area contributed by atoms with E-state index in [2.05, 4.69) is 48.5 Å². The molecule has 1 aliphatic heterocycles. The Morgan fingerprint density at radius 2 is 1.94 bits per heavy atom. The predicted molar refractivity (Wildman–Crippen MR) is 142 cm³/mol. The maximum atomic E-state index is 6.61. The molecular formula is C27H48ClN3O. The Hall–Kier alpha value is -1.26. The molecule has 1 heterocycles. The number of hydrogen-bond donors (Lipinski definition) is 2. The van der Waals surface area contributed by atoms with Gasteiger partial charge in [0, 0.05) is 13.6 Å². The average Bonchev–Trinajstić information content (AvgIpc) is 3.07. The third kappa shape index (κ3) is 11.0. The molecule has 2 fully saturated rings. The monoisotopic (exact) mass is 465 g/mol. The minimum atomic E-state index is 0.303. The van der Waals surface area contributed by atoms with Crippen molar-refractivity contribution in [1.82, 2.24) is 10.6 Å². The average molecular weight is 466 g/mol. The topological polar surface area (TPSA) is 45.7 Å². The fourth-order valence-electron chi connectivity index (χ4n) is 4.12. The number of nitrogens with one attached hydrogen (secondary N) is 2. The van der Waals surface area contributed by atoms with Gasteiger partial charge in [0.15, 0.2) is 0 Å². The van der Waals surface area contributed by atoms with Crippen LogP contribution in [-0.2, 0) is 4.74 Å². The first-order valence-corrected chi connectivity index (χ1v) is 13.2. The summed E-state index contributed by atoms with van der Waals surface area (Å²) in [6.07, 6.45) is 16.5. The van der Waals surface area contributed by atoms with Crippen molar-refractivity contribution < 1.29 is 4.74 Å². The van der Waals surface area contributed by atoms with Gasteiger partial charge in [0.1, 0.15) is 6.10 Å². The summed E-state index contributed by atoms with van der Waals surface area (Å²) in [4.78, 5) is 4.33. The van der Waals surface area contributed by atoms with Gasteiger partial charge in [-0.25, -0.2) is 0 Å². The first-order valence-electron chi connectivity index (χ1n) is 12.8. The van der Waals surface area contributed by atoms with Crippen LogP contribution in [0.4, 0.5) is 0 Å². The van der Waals surface area contributed by atoms with E-state index in [1.165, 1.54) is 24.8 Å². The van der Waals surface area contributed by atoms with E-state index in [0.29, 0.717) is 11.5 Å². The summed E-state index contributed by atoms with van der Waals surface area (Å²) in [6, 6.07) is 0. The zero-order chi connectivity index (χ0) is 23.8. The second kappa shape index (κ2) is 16.4. The highest BCUT2D eigenvalue weighted by Gasteiger charge is 2.28. The minimum absolute atomic E-state index is 0.303. The molecule has 0 aromatic rings. The lowest BCUT2D eigenvalue weighted by molar-refractivity contribution is 0.0908. The van der Waals surface area contributed by atoms with Gasteiger partial charge in [0.25, 0.3) is 0 Å². The zero-order valence-electron chi connectivity index (χ0n) is 21.5. The third-order valence-corrected chi connectivity index (χ3v) is 6.42. The van der Waals surface area contributed by atoms with Gasteiger partial charge in [-0.05, 0) is 87.9 Å². The van der Waals surface area contributed by atoms with E-state index >= 15 is 0 Å². The highest BCUT2D eigenvalue weighted by molar-refractivity contribution is 6.32. The van der Waals surface area contributed by atoms with Gasteiger partial charge in [-0.3, -0.25) is 4.99 Å². The molecule has 2 rings (SSSR count). The summed E-state index contributed by atoms with van der Waals surface area (Å²) >= 11 is 6.61. The van der Waals surface area contributed by atoms with Crippen LogP contribution in [0.3, 0.4) is 0 Å². The van der Waals surface area contributed by atoms with E-state index in [1.54, 1.807) is 0 Å². The molecule has 184 valence electrons. The van der Waals surface area contributed by atoms with Crippen LogP contribution in [0, 0.1) is 5.41 Å². The fourth-order valence-corrected chi connectivity index (χ4v) is 4.47. The van der Waals surface area contributed by atoms with Crippen molar-refractivity contribution in [1.29, 1.82) is 0 Å². The number of rotatable bonds is 8. The summed E-state index contributed by atoms with van der Waals surface area (Å²) in [7, 11) is 1.81. The van der Waals surface area contributed by atoms with E-state index in [0.717, 1.165) is 74.8 Å². The molecule has 0 unspecified atom stereocenters. The molecule has 0 amide bonds. The van der Waals surface area contributed by atoms with Gasteiger partial charge >= 0.3 is 0 Å². The van der Waals surface area contributed by atoms with Crippen molar-refractivity contribution in [3.63, 3.8) is 0 Å². The predicted octanol–water partition coefficient (Wildman–Crippen LogP) is 7.12. The number of halogens is 1. The van der Waals surface area contributed by atoms with Crippen molar-refractivity contribution in [2.75, 3.05) is 26.7 Å². The van der Waals surface area contributed by atoms with E-state index in [-0.39, 0.29) is 0 Å². The molecular weight excluding hydrogens is 418 g/mol. The Kier molecular flexibility index (Phi) is 14.7. The Morgan fingerprint density at radius 1 is 1.22 bits per heavy atom. The van der Waals surface area contributed by atoms with E-state index in [9.17, 15) is 0 Å². The van der Waals surface area contributed by atoms with Gasteiger partial charge in [-0.15, -0.1) is 0 Å². The molecule has 0 aromatic heterocycles. The van der Waals surface area contributed by atoms with Crippen molar-refractivity contribution in [2.45, 2.75) is 98.5 Å². The maximum absolute atomic E-state index is 6.61. The fraction of sp³-hybridized carbons (Fsp3) is 0.741. The van der Waals surface area contributed by atoms with E-state index in [4.69, 9.17) is 16.3 Å². The van der Waals surface area contributed by atoms with Crippen molar-refractivity contribution in [2.24, 2.45) is 10.4 Å². The molecule has 1 saturated carbocycles. The summed E-state index contributed by atoms with van der Waals surface area (Å²) in [5.74, 6) is 0.747. The van der Waals surface area contributed by atoms with Gasteiger partial charge in [0.05, 0.1) is 10.7 Å². The lowest BCUT2D eigenvalue weighted by Gasteiger charge is -2.34. The summed E-state index contributed by atoms with van der Waals surface area (Å²) in [5, 5.41) is 7.94. The standard InChI is InChI=1S/C25H42ClN3O.C2H6/c1-5-9-22(26)24(20-10-8-17-28-19-14-20)29-18-7-6-11-23(27-4)30-21-12-15-25(2,3)16-13-21;1-2/h6,9,11,21,28-29H,5,7-8,10,12-19H2,1-4H3;1-2H3/b11-6-,22-9+,24-20-,27-23?;. The molecule has 0 spiro atoms. The van der Waals surface area contributed by atoms with Crippen molar-refractivity contribution in [3.05, 3.63) is 34.5 Å². The highest BCUT2D eigenvalue weighted by atomic mass is 35.5. The summed E-state index contributed by atoms with van der Waals surface area (Å²) < 4.78 is 6.14. The molecule has 0 aromatic carbocycles. The van der Waals surface area contributed by atoms with Gasteiger partial charge in [-0.2, -0.15) is 0 Å². The first kappa shape index (κ1) is 28.8. The lowest BCUT2D eigenvalue weighted by Crippen LogP contribution is -2.28. The zero-order valence-corrected chi connectivity index (χ0v) is 22.3. The SMILES string of the molecule is CC.CC/C=C(Cl)\C(NCC/C=C\C(=NC)OC1CCC(C)(C)CC1)=C1/CCCNCC1. The number of nitrogens with zero attached hydrogens (tertiary/aromatic N) is 1. The second-order valence-electron chi connectivity index (χ2n) is 9.20. The summed E-state index contributed by atoms with van der Waals surface area (Å²) in [6.45, 7) is 13.8. The number of ether oxygens (including phenoxy) is 1. The highest BCUT2D eigenvalue weighted by Crippen LogP contribution is 2.36. The van der Waals surface area contributed by atoms with E-state index in [1.807, 2.05) is 27.0 Å². The van der Waals surface area contributed by atoms with Crippen LogP contribution in [0.1, 0.15) is 92.4 Å². The van der Waals surface area contributed by atoms with E-state index < -0.39 is 0 Å². The van der Waals surface area contributed by atoms with Crippen LogP contribution >= 0.6 is 11.6 Å². The molecule has 1 aliphatic carbocycles. The summed E-state index contributed by atoms with van der Waals surface area (Å²) in [5.41, 5.74) is 3.04. The Balaban J connectivity index is 0.00000249. The quantitative estimate of drug-likeness (QED) is 0.228. The van der Waals surface area contributed by atoms with Crippen LogP contribution in [0.15, 0.2) is 39.5 Å². The number of allylic oxidation sites excluding steroid dienone is 2. The van der Waals surface area contributed by atoms with Crippen LogP contribution < -0.4 is 10.6 Å². The molecule has 0 bridgehead atoms. The van der Waals surface area contributed by atoms with Gasteiger partial charge < -0.3 is 15.4 Å². The molecule has 0 radical (unpaired) electrons. The second-order valence-corrected chi connectivity index (χ2v) is 9.61. The molecule has 2 aliphatic rings. The largest absolute Gasteiger partial charge is 0.475 e. The van der Waals surface area contributed by atoms with Crippen LogP contribution in [-0.4, -0.2) is 38.7 Å². The Bertz CT molecular complexity index is 629. The third-order valence-electron chi connectivity index (χ3n) is 6.08. The number of hydrogen-bond acceptors (Lipinski definition) is 4. The lowest BCUT2D eigenvalue weighted by atomic mass is 9.76. The van der Waals surface area contributed by atoms with Gasteiger partial charge in [-0.1, -0.05) is 58.4 Å². The maximum Gasteiger partial charge on any atom is 0.208 e. The smallest absolute Gasteiger partial charge is 0.208 e. The molecule has 4 nitrogen and oxygen atoms in total. The van der Waals surface area contributed by atoms with Crippen molar-refractivity contribution in [3.8, 4) is 0 Å². The van der Waals surface area contributed by atoms with Crippen LogP contribution in [0.2, 0.25) is 0 Å². The minimum Gasteiger partial charge on any atom is -0.475 e. The molecule has 2 N–H and O–H groups in total. The Morgan fingerprint density at radius 3 is 2.59 bits per heavy atom. The van der Waals surface area contributed by atoms with Crippen LogP contribution in [0.5, 0.6) is 0 Å². The molecule has 5 heteroatoms. The molecule has 32 heavy (non-hydrogen) atoms. The molecule has 1 saturated heterocycles. The first-order chi connectivity index (χ1) is 15.4. The molecule has 0 atom stereocenters. The van der Waals surface area contributed by atoms with Crippen molar-refractivity contribution >= 4 is 17.5 Å². The normalized spacial score (nSPS) is 22.1.